The fourth-order valence-corrected chi connectivity index (χ4v) is 6.38. The van der Waals surface area contributed by atoms with E-state index in [1.54, 1.807) is 4.68 Å². The van der Waals surface area contributed by atoms with Crippen molar-refractivity contribution in [3.8, 4) is 0 Å². The van der Waals surface area contributed by atoms with E-state index >= 15 is 0 Å². The molecule has 2 aliphatic rings. The molecule has 1 N–H and O–H groups in total. The molecular weight excluding hydrogens is 520 g/mol. The lowest BCUT2D eigenvalue weighted by molar-refractivity contribution is -0.145. The van der Waals surface area contributed by atoms with Crippen LogP contribution in [0, 0.1) is 0 Å². The number of hydrogen-bond donors (Lipinski definition) is 1. The highest BCUT2D eigenvalue weighted by molar-refractivity contribution is 6.16. The Morgan fingerprint density at radius 2 is 2.00 bits per heavy atom. The number of carbonyl (C=O) groups excluding carboxylic acids is 1. The Bertz CT molecular complexity index is 1380. The molecule has 1 atom stereocenters. The number of anilines is 1. The summed E-state index contributed by atoms with van der Waals surface area (Å²) < 4.78 is 8.69. The number of para-hydroxylation sites is 1. The average Bonchev–Trinajstić information content (AvgIpc) is 3.57. The SMILES string of the molecule is COC(=O)CCN1c2ccccc2CC1(C(=O)O)c1c(CN(C)Cc2cc(CCl)n(C)n2)nn2c1CCCC2. The monoisotopic (exact) mass is 554 g/mol. The Morgan fingerprint density at radius 1 is 1.21 bits per heavy atom. The number of carboxylic acids is 1. The minimum Gasteiger partial charge on any atom is -0.479 e. The van der Waals surface area contributed by atoms with Gasteiger partial charge >= 0.3 is 11.9 Å². The number of halogens is 1. The lowest BCUT2D eigenvalue weighted by Crippen LogP contribution is -2.52. The zero-order valence-corrected chi connectivity index (χ0v) is 23.4. The molecule has 2 aliphatic heterocycles. The molecule has 0 saturated carbocycles. The summed E-state index contributed by atoms with van der Waals surface area (Å²) in [5, 5.41) is 20.6. The number of benzene rings is 1. The van der Waals surface area contributed by atoms with Crippen molar-refractivity contribution in [3.63, 3.8) is 0 Å². The van der Waals surface area contributed by atoms with E-state index in [2.05, 4.69) is 10.00 Å². The van der Waals surface area contributed by atoms with E-state index in [1.807, 2.05) is 54.0 Å². The highest BCUT2D eigenvalue weighted by Gasteiger charge is 2.54. The minimum absolute atomic E-state index is 0.0845. The van der Waals surface area contributed by atoms with Crippen molar-refractivity contribution in [2.24, 2.45) is 7.05 Å². The fourth-order valence-electron chi connectivity index (χ4n) is 6.13. The molecule has 5 rings (SSSR count). The third kappa shape index (κ3) is 4.91. The van der Waals surface area contributed by atoms with Crippen molar-refractivity contribution in [1.29, 1.82) is 0 Å². The number of esters is 1. The minimum atomic E-state index is -1.38. The summed E-state index contributed by atoms with van der Waals surface area (Å²) in [6.07, 6.45) is 3.13. The number of carbonyl (C=O) groups is 2. The lowest BCUT2D eigenvalue weighted by Gasteiger charge is -2.38. The molecule has 0 radical (unpaired) electrons. The topological polar surface area (TPSA) is 106 Å². The maximum absolute atomic E-state index is 13.5. The molecule has 208 valence electrons. The summed E-state index contributed by atoms with van der Waals surface area (Å²) in [5.74, 6) is -0.929. The third-order valence-electron chi connectivity index (χ3n) is 7.90. The second kappa shape index (κ2) is 11.0. The van der Waals surface area contributed by atoms with Gasteiger partial charge in [-0.2, -0.15) is 10.2 Å². The first-order valence-corrected chi connectivity index (χ1v) is 13.8. The molecule has 0 saturated heterocycles. The molecule has 0 spiro atoms. The van der Waals surface area contributed by atoms with Gasteiger partial charge in [-0.15, -0.1) is 11.6 Å². The largest absolute Gasteiger partial charge is 0.479 e. The highest BCUT2D eigenvalue weighted by atomic mass is 35.5. The number of nitrogens with zero attached hydrogens (tertiary/aromatic N) is 6. The molecule has 0 bridgehead atoms. The van der Waals surface area contributed by atoms with Crippen LogP contribution in [-0.4, -0.2) is 62.2 Å². The van der Waals surface area contributed by atoms with Gasteiger partial charge in [0.05, 0.1) is 36.5 Å². The van der Waals surface area contributed by atoms with Crippen LogP contribution in [0.3, 0.4) is 0 Å². The van der Waals surface area contributed by atoms with Gasteiger partial charge in [-0.3, -0.25) is 19.1 Å². The zero-order chi connectivity index (χ0) is 27.7. The Morgan fingerprint density at radius 3 is 2.72 bits per heavy atom. The molecular formula is C28H35ClN6O4. The van der Waals surface area contributed by atoms with Gasteiger partial charge in [-0.05, 0) is 44.0 Å². The Hall–Kier alpha value is -3.37. The normalized spacial score (nSPS) is 18.3. The number of alkyl halides is 1. The van der Waals surface area contributed by atoms with Crippen molar-refractivity contribution >= 4 is 29.2 Å². The van der Waals surface area contributed by atoms with Gasteiger partial charge < -0.3 is 14.7 Å². The van der Waals surface area contributed by atoms with Crippen LogP contribution in [0.5, 0.6) is 0 Å². The van der Waals surface area contributed by atoms with E-state index in [9.17, 15) is 14.7 Å². The van der Waals surface area contributed by atoms with Gasteiger partial charge in [-0.25, -0.2) is 4.79 Å². The second-order valence-corrected chi connectivity index (χ2v) is 10.7. The van der Waals surface area contributed by atoms with Crippen LogP contribution in [0.1, 0.15) is 53.2 Å². The molecule has 39 heavy (non-hydrogen) atoms. The molecule has 4 heterocycles. The Labute approximate surface area is 233 Å². The van der Waals surface area contributed by atoms with Gasteiger partial charge in [-0.1, -0.05) is 18.2 Å². The van der Waals surface area contributed by atoms with Gasteiger partial charge in [0, 0.05) is 56.6 Å². The number of aliphatic carboxylic acids is 1. The summed E-state index contributed by atoms with van der Waals surface area (Å²) in [5.41, 5.74) is 4.71. The quantitative estimate of drug-likeness (QED) is 0.301. The van der Waals surface area contributed by atoms with Crippen LogP contribution in [0.2, 0.25) is 0 Å². The number of hydrogen-bond acceptors (Lipinski definition) is 7. The van der Waals surface area contributed by atoms with Gasteiger partial charge in [0.2, 0.25) is 0 Å². The second-order valence-electron chi connectivity index (χ2n) is 10.5. The van der Waals surface area contributed by atoms with E-state index in [0.717, 1.165) is 65.4 Å². The third-order valence-corrected chi connectivity index (χ3v) is 8.18. The fraction of sp³-hybridized carbons (Fsp3) is 0.500. The number of aryl methyl sites for hydroxylation is 2. The number of ether oxygens (including phenoxy) is 1. The summed E-state index contributed by atoms with van der Waals surface area (Å²) in [7, 11) is 5.22. The molecule has 2 aromatic heterocycles. The van der Waals surface area contributed by atoms with Gasteiger partial charge in [0.15, 0.2) is 5.54 Å². The molecule has 1 aromatic carbocycles. The van der Waals surface area contributed by atoms with E-state index in [0.29, 0.717) is 25.4 Å². The van der Waals surface area contributed by atoms with Crippen molar-refractivity contribution in [2.45, 2.75) is 63.2 Å². The van der Waals surface area contributed by atoms with Crippen LogP contribution in [0.25, 0.3) is 0 Å². The van der Waals surface area contributed by atoms with Crippen LogP contribution < -0.4 is 4.90 Å². The van der Waals surface area contributed by atoms with Crippen molar-refractivity contribution in [1.82, 2.24) is 24.5 Å². The van der Waals surface area contributed by atoms with Crippen LogP contribution in [0.4, 0.5) is 5.69 Å². The number of carboxylic acid groups (broad SMARTS) is 1. The van der Waals surface area contributed by atoms with Crippen LogP contribution in [0.15, 0.2) is 30.3 Å². The maximum Gasteiger partial charge on any atom is 0.334 e. The first-order chi connectivity index (χ1) is 18.8. The lowest BCUT2D eigenvalue weighted by atomic mass is 9.82. The Balaban J connectivity index is 1.58. The summed E-state index contributed by atoms with van der Waals surface area (Å²) in [6, 6.07) is 9.74. The van der Waals surface area contributed by atoms with E-state index < -0.39 is 11.5 Å². The maximum atomic E-state index is 13.5. The molecule has 0 aliphatic carbocycles. The summed E-state index contributed by atoms with van der Waals surface area (Å²) >= 11 is 6.04. The number of aromatic nitrogens is 4. The van der Waals surface area contributed by atoms with Crippen molar-refractivity contribution in [3.05, 3.63) is 64.2 Å². The van der Waals surface area contributed by atoms with Crippen molar-refractivity contribution in [2.75, 3.05) is 25.6 Å². The van der Waals surface area contributed by atoms with E-state index in [4.69, 9.17) is 21.4 Å². The first kappa shape index (κ1) is 27.2. The number of methoxy groups -OCH3 is 1. The van der Waals surface area contributed by atoms with Gasteiger partial charge in [0.1, 0.15) is 0 Å². The van der Waals surface area contributed by atoms with E-state index in [-0.39, 0.29) is 18.9 Å². The smallest absolute Gasteiger partial charge is 0.334 e. The number of fused-ring (bicyclic) bond motifs is 2. The zero-order valence-electron chi connectivity index (χ0n) is 22.7. The highest BCUT2D eigenvalue weighted by Crippen LogP contribution is 2.48. The standard InChI is InChI=1S/C28H35ClN6O4/c1-32(17-20-14-21(16-29)33(2)30-20)18-22-26(24-10-6-7-12-35(24)31-22)28(27(37)38)15-19-8-4-5-9-23(19)34(28)13-11-25(36)39-3/h4-5,8-9,14H,6-7,10-13,15-18H2,1-3H3,(H,37,38). The number of rotatable bonds is 10. The summed E-state index contributed by atoms with van der Waals surface area (Å²) in [4.78, 5) is 29.6. The van der Waals surface area contributed by atoms with Crippen molar-refractivity contribution < 1.29 is 19.4 Å². The average molecular weight is 555 g/mol. The molecule has 10 nitrogen and oxygen atoms in total. The molecule has 3 aromatic rings. The molecule has 11 heteroatoms. The summed E-state index contributed by atoms with van der Waals surface area (Å²) in [6.45, 7) is 2.01. The van der Waals surface area contributed by atoms with Crippen LogP contribution >= 0.6 is 11.6 Å². The van der Waals surface area contributed by atoms with Gasteiger partial charge in [0.25, 0.3) is 0 Å². The molecule has 0 fully saturated rings. The molecule has 1 unspecified atom stereocenters. The predicted octanol–water partition coefficient (Wildman–Crippen LogP) is 3.23. The van der Waals surface area contributed by atoms with Crippen LogP contribution in [-0.2, 0) is 65.3 Å². The van der Waals surface area contributed by atoms with E-state index in [1.165, 1.54) is 7.11 Å². The molecule has 0 amide bonds. The first-order valence-electron chi connectivity index (χ1n) is 13.3. The Kier molecular flexibility index (Phi) is 7.68. The predicted molar refractivity (Wildman–Crippen MR) is 147 cm³/mol.